The van der Waals surface area contributed by atoms with Crippen LogP contribution >= 0.6 is 0 Å². The van der Waals surface area contributed by atoms with Gasteiger partial charge in [0.05, 0.1) is 5.56 Å². The molecule has 0 bridgehead atoms. The number of ether oxygens (including phenoxy) is 1. The van der Waals surface area contributed by atoms with E-state index in [9.17, 15) is 14.4 Å². The van der Waals surface area contributed by atoms with Crippen LogP contribution in [-0.2, 0) is 9.53 Å². The van der Waals surface area contributed by atoms with Gasteiger partial charge in [-0.1, -0.05) is 38.8 Å². The quantitative estimate of drug-likeness (QED) is 0.669. The summed E-state index contributed by atoms with van der Waals surface area (Å²) >= 11 is 0. The van der Waals surface area contributed by atoms with E-state index in [-0.39, 0.29) is 18.6 Å². The predicted molar refractivity (Wildman–Crippen MR) is 86.2 cm³/mol. The fourth-order valence-corrected chi connectivity index (χ4v) is 2.95. The summed E-state index contributed by atoms with van der Waals surface area (Å²) in [5, 5.41) is 2.96. The van der Waals surface area contributed by atoms with Crippen LogP contribution in [0.5, 0.6) is 0 Å². The van der Waals surface area contributed by atoms with Gasteiger partial charge in [0.25, 0.3) is 5.91 Å². The van der Waals surface area contributed by atoms with Gasteiger partial charge in [-0.05, 0) is 30.4 Å². The third-order valence-corrected chi connectivity index (χ3v) is 4.67. The predicted octanol–water partition coefficient (Wildman–Crippen LogP) is 2.60. The molecule has 23 heavy (non-hydrogen) atoms. The largest absolute Gasteiger partial charge is 0.452 e. The molecule has 2 rings (SSSR count). The molecular weight excluding hydrogens is 294 g/mol. The summed E-state index contributed by atoms with van der Waals surface area (Å²) in [4.78, 5) is 34.4. The first-order chi connectivity index (χ1) is 11.0. The first-order valence-electron chi connectivity index (χ1n) is 8.03. The zero-order valence-electron chi connectivity index (χ0n) is 13.6. The molecule has 0 unspecified atom stereocenters. The zero-order chi connectivity index (χ0) is 16.8. The van der Waals surface area contributed by atoms with Crippen molar-refractivity contribution in [3.05, 3.63) is 35.4 Å². The summed E-state index contributed by atoms with van der Waals surface area (Å²) < 4.78 is 5.03. The number of aldehydes is 1. The van der Waals surface area contributed by atoms with Gasteiger partial charge in [-0.25, -0.2) is 4.79 Å². The highest BCUT2D eigenvalue weighted by molar-refractivity contribution is 5.92. The third kappa shape index (κ3) is 4.65. The summed E-state index contributed by atoms with van der Waals surface area (Å²) in [5.41, 5.74) is 0.808. The van der Waals surface area contributed by atoms with E-state index in [1.54, 1.807) is 0 Å². The summed E-state index contributed by atoms with van der Waals surface area (Å²) in [5.74, 6) is 0.184. The van der Waals surface area contributed by atoms with Crippen molar-refractivity contribution in [2.45, 2.75) is 39.2 Å². The van der Waals surface area contributed by atoms with Crippen molar-refractivity contribution in [1.29, 1.82) is 0 Å². The molecule has 1 saturated carbocycles. The molecule has 5 heteroatoms. The Balaban J connectivity index is 1.81. The minimum atomic E-state index is -0.567. The van der Waals surface area contributed by atoms with Crippen molar-refractivity contribution in [1.82, 2.24) is 5.32 Å². The van der Waals surface area contributed by atoms with Gasteiger partial charge < -0.3 is 10.1 Å². The highest BCUT2D eigenvalue weighted by Gasteiger charge is 2.28. The first kappa shape index (κ1) is 17.2. The normalized spacial score (nSPS) is 23.8. The number of hydrogen-bond donors (Lipinski definition) is 1. The maximum absolute atomic E-state index is 12.0. The van der Waals surface area contributed by atoms with E-state index in [0.29, 0.717) is 29.2 Å². The second kappa shape index (κ2) is 7.90. The summed E-state index contributed by atoms with van der Waals surface area (Å²) in [7, 11) is 0. The van der Waals surface area contributed by atoms with E-state index >= 15 is 0 Å². The molecule has 3 atom stereocenters. The van der Waals surface area contributed by atoms with Crippen LogP contribution in [0.4, 0.5) is 0 Å². The van der Waals surface area contributed by atoms with Crippen molar-refractivity contribution in [2.24, 2.45) is 11.8 Å². The lowest BCUT2D eigenvalue weighted by atomic mass is 9.78. The van der Waals surface area contributed by atoms with Crippen molar-refractivity contribution >= 4 is 18.2 Å². The summed E-state index contributed by atoms with van der Waals surface area (Å²) in [6, 6.07) is 6.24. The molecular formula is C18H23NO4. The molecule has 0 spiro atoms. The van der Waals surface area contributed by atoms with E-state index < -0.39 is 5.97 Å². The number of rotatable bonds is 5. The highest BCUT2D eigenvalue weighted by Crippen LogP contribution is 2.29. The number of hydrogen-bond acceptors (Lipinski definition) is 4. The van der Waals surface area contributed by atoms with E-state index in [2.05, 4.69) is 19.2 Å². The van der Waals surface area contributed by atoms with E-state index in [1.165, 1.54) is 30.7 Å². The van der Waals surface area contributed by atoms with E-state index in [4.69, 9.17) is 4.74 Å². The molecule has 0 aliphatic heterocycles. The molecule has 1 aliphatic rings. The van der Waals surface area contributed by atoms with Crippen LogP contribution in [0.15, 0.2) is 24.3 Å². The van der Waals surface area contributed by atoms with Gasteiger partial charge in [0.2, 0.25) is 0 Å². The van der Waals surface area contributed by atoms with Crippen LogP contribution in [0.3, 0.4) is 0 Å². The van der Waals surface area contributed by atoms with Crippen molar-refractivity contribution in [3.8, 4) is 0 Å². The second-order valence-electron chi connectivity index (χ2n) is 6.26. The van der Waals surface area contributed by atoms with Crippen LogP contribution < -0.4 is 5.32 Å². The van der Waals surface area contributed by atoms with Crippen molar-refractivity contribution in [2.75, 3.05) is 6.61 Å². The Labute approximate surface area is 136 Å². The van der Waals surface area contributed by atoms with Crippen molar-refractivity contribution in [3.63, 3.8) is 0 Å². The van der Waals surface area contributed by atoms with Gasteiger partial charge in [-0.2, -0.15) is 0 Å². The molecule has 124 valence electrons. The van der Waals surface area contributed by atoms with Gasteiger partial charge in [0.15, 0.2) is 6.61 Å². The average molecular weight is 317 g/mol. The fourth-order valence-electron chi connectivity index (χ4n) is 2.95. The van der Waals surface area contributed by atoms with Crippen LogP contribution in [0.25, 0.3) is 0 Å². The number of carbonyl (C=O) groups is 3. The molecule has 0 radical (unpaired) electrons. The second-order valence-corrected chi connectivity index (χ2v) is 6.26. The lowest BCUT2D eigenvalue weighted by molar-refractivity contribution is -0.125. The summed E-state index contributed by atoms with van der Waals surface area (Å²) in [6.45, 7) is 4.06. The smallest absolute Gasteiger partial charge is 0.338 e. The number of benzene rings is 1. The standard InChI is InChI=1S/C18H23NO4/c1-12-4-3-5-16(13(12)2)19-17(21)11-23-18(22)15-8-6-14(10-20)7-9-15/h6-10,12-13,16H,3-5,11H2,1-2H3,(H,19,21)/t12-,13+,16-/m0/s1. The molecule has 5 nitrogen and oxygen atoms in total. The number of carbonyl (C=O) groups excluding carboxylic acids is 3. The molecule has 0 aromatic heterocycles. The van der Waals surface area contributed by atoms with E-state index in [1.807, 2.05) is 0 Å². The highest BCUT2D eigenvalue weighted by atomic mass is 16.5. The number of nitrogens with one attached hydrogen (secondary N) is 1. The Morgan fingerprint density at radius 1 is 1.22 bits per heavy atom. The Morgan fingerprint density at radius 3 is 2.57 bits per heavy atom. The Kier molecular flexibility index (Phi) is 5.90. The Morgan fingerprint density at radius 2 is 1.91 bits per heavy atom. The lowest BCUT2D eigenvalue weighted by Crippen LogP contribution is -2.45. The molecule has 0 saturated heterocycles. The minimum Gasteiger partial charge on any atom is -0.452 e. The Hall–Kier alpha value is -2.17. The topological polar surface area (TPSA) is 72.5 Å². The van der Waals surface area contributed by atoms with Crippen molar-refractivity contribution < 1.29 is 19.1 Å². The maximum Gasteiger partial charge on any atom is 0.338 e. The molecule has 1 N–H and O–H groups in total. The van der Waals surface area contributed by atoms with Crippen LogP contribution in [-0.4, -0.2) is 30.8 Å². The van der Waals surface area contributed by atoms with Crippen LogP contribution in [0, 0.1) is 11.8 Å². The van der Waals surface area contributed by atoms with Crippen LogP contribution in [0.1, 0.15) is 53.8 Å². The molecule has 1 aliphatic carbocycles. The number of esters is 1. The molecule has 0 heterocycles. The Bertz CT molecular complexity index is 567. The first-order valence-corrected chi connectivity index (χ1v) is 8.03. The van der Waals surface area contributed by atoms with Gasteiger partial charge in [-0.3, -0.25) is 9.59 Å². The monoisotopic (exact) mass is 317 g/mol. The lowest BCUT2D eigenvalue weighted by Gasteiger charge is -2.34. The SMILES string of the molecule is C[C@H]1[C@@H](NC(=O)COC(=O)c2ccc(C=O)cc2)CCC[C@@H]1C. The molecule has 1 aromatic rings. The maximum atomic E-state index is 12.0. The third-order valence-electron chi connectivity index (χ3n) is 4.67. The fraction of sp³-hybridized carbons (Fsp3) is 0.500. The molecule has 1 aromatic carbocycles. The molecule has 1 amide bonds. The zero-order valence-corrected chi connectivity index (χ0v) is 13.6. The van der Waals surface area contributed by atoms with Crippen LogP contribution in [0.2, 0.25) is 0 Å². The molecule has 1 fully saturated rings. The van der Waals surface area contributed by atoms with Gasteiger partial charge >= 0.3 is 5.97 Å². The minimum absolute atomic E-state index is 0.150. The van der Waals surface area contributed by atoms with E-state index in [0.717, 1.165) is 12.8 Å². The van der Waals surface area contributed by atoms with Gasteiger partial charge in [-0.15, -0.1) is 0 Å². The average Bonchev–Trinajstić information content (AvgIpc) is 2.57. The van der Waals surface area contributed by atoms with Gasteiger partial charge in [0.1, 0.15) is 6.29 Å². The van der Waals surface area contributed by atoms with Gasteiger partial charge in [0, 0.05) is 11.6 Å². The summed E-state index contributed by atoms with van der Waals surface area (Å²) in [6.07, 6.45) is 3.98. The number of amides is 1.